The summed E-state index contributed by atoms with van der Waals surface area (Å²) in [6.45, 7) is 6.38. The van der Waals surface area contributed by atoms with Gasteiger partial charge in [0.15, 0.2) is 0 Å². The van der Waals surface area contributed by atoms with Crippen LogP contribution in [-0.4, -0.2) is 58.1 Å². The molecule has 31 heavy (non-hydrogen) atoms. The largest absolute Gasteiger partial charge is 0.444 e. The minimum absolute atomic E-state index is 0.0103. The number of rotatable bonds is 4. The Morgan fingerprint density at radius 1 is 1.29 bits per heavy atom. The van der Waals surface area contributed by atoms with Crippen LogP contribution in [0.2, 0.25) is 0 Å². The van der Waals surface area contributed by atoms with E-state index in [1.54, 1.807) is 32.4 Å². The summed E-state index contributed by atoms with van der Waals surface area (Å²) in [6.07, 6.45) is 0.246. The number of fused-ring (bicyclic) bond motifs is 1. The zero-order valence-corrected chi connectivity index (χ0v) is 18.7. The first-order valence-electron chi connectivity index (χ1n) is 11.0. The van der Waals surface area contributed by atoms with Crippen LogP contribution in [0.5, 0.6) is 0 Å². The average Bonchev–Trinajstić information content (AvgIpc) is 2.94. The molecule has 1 aromatic heterocycles. The molecular formula is C23H32FN3O4. The standard InChI is InChI=1S/C23H32FN3O4/c1-23(2,3)31-22(29)27-9-8-19(17(24)12-27)30-13-14-10-15(11-14)16-6-5-7-18-20(16)26(4)21(28)25-18/h5-7,14-15,17,19H,8-13H2,1-4H3,(H,25,28)/t14-,15-,17-,19+/m0/s1. The van der Waals surface area contributed by atoms with Gasteiger partial charge in [-0.25, -0.2) is 14.0 Å². The predicted molar refractivity (Wildman–Crippen MR) is 116 cm³/mol. The van der Waals surface area contributed by atoms with Gasteiger partial charge < -0.3 is 19.4 Å². The van der Waals surface area contributed by atoms with E-state index < -0.39 is 24.0 Å². The number of hydrogen-bond donors (Lipinski definition) is 1. The van der Waals surface area contributed by atoms with Crippen molar-refractivity contribution in [3.05, 3.63) is 34.2 Å². The van der Waals surface area contributed by atoms with Gasteiger partial charge in [0.25, 0.3) is 0 Å². The molecule has 1 saturated heterocycles. The fraction of sp³-hybridized carbons (Fsp3) is 0.652. The summed E-state index contributed by atoms with van der Waals surface area (Å²) in [4.78, 5) is 28.4. The highest BCUT2D eigenvalue weighted by Crippen LogP contribution is 2.44. The van der Waals surface area contributed by atoms with E-state index in [1.807, 2.05) is 12.1 Å². The van der Waals surface area contributed by atoms with Crippen LogP contribution in [0.15, 0.2) is 23.0 Å². The summed E-state index contributed by atoms with van der Waals surface area (Å²) in [6, 6.07) is 5.98. The number of aromatic nitrogens is 2. The zero-order valence-electron chi connectivity index (χ0n) is 18.7. The number of benzene rings is 1. The molecule has 0 radical (unpaired) electrons. The summed E-state index contributed by atoms with van der Waals surface area (Å²) in [5.41, 5.74) is 2.32. The molecule has 0 unspecified atom stereocenters. The molecule has 1 N–H and O–H groups in total. The molecule has 1 saturated carbocycles. The maximum Gasteiger partial charge on any atom is 0.410 e. The molecule has 0 bridgehead atoms. The predicted octanol–water partition coefficient (Wildman–Crippen LogP) is 3.72. The van der Waals surface area contributed by atoms with Crippen LogP contribution in [0.25, 0.3) is 11.0 Å². The van der Waals surface area contributed by atoms with E-state index in [4.69, 9.17) is 9.47 Å². The number of ether oxygens (including phenoxy) is 2. The van der Waals surface area contributed by atoms with Gasteiger partial charge in [0.05, 0.1) is 23.7 Å². The number of halogens is 1. The lowest BCUT2D eigenvalue weighted by atomic mass is 9.71. The quantitative estimate of drug-likeness (QED) is 0.797. The maximum atomic E-state index is 14.6. The molecule has 4 rings (SSSR count). The number of para-hydroxylation sites is 1. The van der Waals surface area contributed by atoms with Crippen LogP contribution in [0.4, 0.5) is 9.18 Å². The monoisotopic (exact) mass is 433 g/mol. The number of aromatic amines is 1. The lowest BCUT2D eigenvalue weighted by Gasteiger charge is -2.39. The van der Waals surface area contributed by atoms with Crippen molar-refractivity contribution in [1.82, 2.24) is 14.5 Å². The van der Waals surface area contributed by atoms with Gasteiger partial charge in [-0.3, -0.25) is 4.57 Å². The average molecular weight is 434 g/mol. The minimum atomic E-state index is -1.21. The first-order chi connectivity index (χ1) is 14.6. The van der Waals surface area contributed by atoms with Crippen molar-refractivity contribution in [3.63, 3.8) is 0 Å². The molecule has 170 valence electrons. The third-order valence-electron chi connectivity index (χ3n) is 6.30. The Morgan fingerprint density at radius 3 is 2.71 bits per heavy atom. The SMILES string of the molecule is Cn1c(=O)[nH]c2cccc([C@H]3C[C@H](CO[C@@H]4CCN(C(=O)OC(C)(C)C)C[C@@H]4F)C3)c21. The molecule has 2 aliphatic rings. The van der Waals surface area contributed by atoms with Crippen LogP contribution >= 0.6 is 0 Å². The highest BCUT2D eigenvalue weighted by atomic mass is 19.1. The zero-order chi connectivity index (χ0) is 22.3. The molecule has 1 aromatic carbocycles. The fourth-order valence-electron chi connectivity index (χ4n) is 4.62. The number of alkyl halides is 1. The first-order valence-corrected chi connectivity index (χ1v) is 11.0. The molecule has 1 amide bonds. The number of carbonyl (C=O) groups is 1. The number of nitrogens with one attached hydrogen (secondary N) is 1. The number of aryl methyl sites for hydroxylation is 1. The van der Waals surface area contributed by atoms with Gasteiger partial charge in [0.1, 0.15) is 11.8 Å². The van der Waals surface area contributed by atoms with E-state index in [1.165, 1.54) is 10.5 Å². The molecule has 0 spiro atoms. The van der Waals surface area contributed by atoms with E-state index in [9.17, 15) is 14.0 Å². The number of carbonyl (C=O) groups excluding carboxylic acids is 1. The van der Waals surface area contributed by atoms with Gasteiger partial charge >= 0.3 is 11.8 Å². The molecular weight excluding hydrogens is 401 g/mol. The van der Waals surface area contributed by atoms with E-state index in [0.29, 0.717) is 31.4 Å². The maximum absolute atomic E-state index is 14.6. The third-order valence-corrected chi connectivity index (χ3v) is 6.30. The van der Waals surface area contributed by atoms with Crippen molar-refractivity contribution >= 4 is 17.1 Å². The number of imidazole rings is 1. The van der Waals surface area contributed by atoms with E-state index in [2.05, 4.69) is 11.1 Å². The molecule has 1 aliphatic heterocycles. The van der Waals surface area contributed by atoms with E-state index >= 15 is 0 Å². The van der Waals surface area contributed by atoms with Gasteiger partial charge in [0, 0.05) is 20.2 Å². The van der Waals surface area contributed by atoms with Crippen LogP contribution < -0.4 is 5.69 Å². The van der Waals surface area contributed by atoms with Gasteiger partial charge in [-0.2, -0.15) is 0 Å². The number of piperidine rings is 1. The van der Waals surface area contributed by atoms with Crippen molar-refractivity contribution in [2.24, 2.45) is 13.0 Å². The van der Waals surface area contributed by atoms with E-state index in [0.717, 1.165) is 23.9 Å². The number of likely N-dealkylation sites (tertiary alicyclic amines) is 1. The minimum Gasteiger partial charge on any atom is -0.444 e. The van der Waals surface area contributed by atoms with Crippen molar-refractivity contribution in [3.8, 4) is 0 Å². The Balaban J connectivity index is 1.26. The van der Waals surface area contributed by atoms with Crippen molar-refractivity contribution in [2.75, 3.05) is 19.7 Å². The Morgan fingerprint density at radius 2 is 2.03 bits per heavy atom. The normalized spacial score (nSPS) is 26.7. The summed E-state index contributed by atoms with van der Waals surface area (Å²) >= 11 is 0. The van der Waals surface area contributed by atoms with Crippen molar-refractivity contribution < 1.29 is 18.7 Å². The summed E-state index contributed by atoms with van der Waals surface area (Å²) < 4.78 is 27.5. The van der Waals surface area contributed by atoms with Crippen LogP contribution in [0.1, 0.15) is 51.5 Å². The molecule has 8 heteroatoms. The summed E-state index contributed by atoms with van der Waals surface area (Å²) in [5.74, 6) is 0.765. The number of nitrogens with zero attached hydrogens (tertiary/aromatic N) is 2. The highest BCUT2D eigenvalue weighted by molar-refractivity contribution is 5.79. The van der Waals surface area contributed by atoms with Gasteiger partial charge in [-0.1, -0.05) is 12.1 Å². The summed E-state index contributed by atoms with van der Waals surface area (Å²) in [7, 11) is 1.79. The van der Waals surface area contributed by atoms with Gasteiger partial charge in [0.2, 0.25) is 0 Å². The Bertz CT molecular complexity index is 1000. The van der Waals surface area contributed by atoms with Gasteiger partial charge in [-0.05, 0) is 63.5 Å². The Labute approximate surface area is 181 Å². The second kappa shape index (κ2) is 8.30. The fourth-order valence-corrected chi connectivity index (χ4v) is 4.62. The number of hydrogen-bond acceptors (Lipinski definition) is 4. The number of H-pyrrole nitrogens is 1. The Hall–Kier alpha value is -2.35. The van der Waals surface area contributed by atoms with Crippen molar-refractivity contribution in [2.45, 2.75) is 63.8 Å². The Kier molecular flexibility index (Phi) is 5.85. The second-order valence-corrected chi connectivity index (χ2v) is 9.87. The van der Waals surface area contributed by atoms with Crippen LogP contribution in [0.3, 0.4) is 0 Å². The van der Waals surface area contributed by atoms with Gasteiger partial charge in [-0.15, -0.1) is 0 Å². The summed E-state index contributed by atoms with van der Waals surface area (Å²) in [5, 5.41) is 0. The molecule has 2 heterocycles. The first kappa shape index (κ1) is 21.9. The lowest BCUT2D eigenvalue weighted by Crippen LogP contribution is -2.50. The van der Waals surface area contributed by atoms with Crippen LogP contribution in [0, 0.1) is 5.92 Å². The van der Waals surface area contributed by atoms with E-state index in [-0.39, 0.29) is 12.2 Å². The highest BCUT2D eigenvalue weighted by Gasteiger charge is 2.37. The molecule has 2 fully saturated rings. The van der Waals surface area contributed by atoms with Crippen molar-refractivity contribution in [1.29, 1.82) is 0 Å². The molecule has 2 atom stereocenters. The lowest BCUT2D eigenvalue weighted by molar-refractivity contribution is -0.0693. The molecule has 1 aliphatic carbocycles. The third kappa shape index (κ3) is 4.63. The number of amides is 1. The second-order valence-electron chi connectivity index (χ2n) is 9.87. The smallest absolute Gasteiger partial charge is 0.410 e. The molecule has 7 nitrogen and oxygen atoms in total. The van der Waals surface area contributed by atoms with Crippen LogP contribution in [-0.2, 0) is 16.5 Å². The topological polar surface area (TPSA) is 76.6 Å². The molecule has 2 aromatic rings.